The first-order chi connectivity index (χ1) is 7.43. The standard InChI is InChI=1S/C12H23NO3/c1-9(2)7-13-8-12(16)5-3-10(4-6-12)11(14)15/h9-10,13,16H,3-8H2,1-2H3,(H,14,15). The lowest BCUT2D eigenvalue weighted by Gasteiger charge is -2.35. The first kappa shape index (κ1) is 13.5. The van der Waals surface area contributed by atoms with E-state index >= 15 is 0 Å². The number of hydrogen-bond donors (Lipinski definition) is 3. The molecule has 0 atom stereocenters. The molecule has 4 nitrogen and oxygen atoms in total. The molecule has 0 aromatic rings. The highest BCUT2D eigenvalue weighted by molar-refractivity contribution is 5.70. The third-order valence-electron chi connectivity index (χ3n) is 3.27. The lowest BCUT2D eigenvalue weighted by molar-refractivity contribution is -0.144. The molecule has 0 spiro atoms. The van der Waals surface area contributed by atoms with Crippen LogP contribution in [0.4, 0.5) is 0 Å². The van der Waals surface area contributed by atoms with Crippen LogP contribution in [0.2, 0.25) is 0 Å². The van der Waals surface area contributed by atoms with E-state index in [9.17, 15) is 9.90 Å². The van der Waals surface area contributed by atoms with Crippen LogP contribution in [0, 0.1) is 11.8 Å². The number of carbonyl (C=O) groups is 1. The fourth-order valence-electron chi connectivity index (χ4n) is 2.17. The summed E-state index contributed by atoms with van der Waals surface area (Å²) >= 11 is 0. The normalized spacial score (nSPS) is 30.6. The van der Waals surface area contributed by atoms with Crippen LogP contribution < -0.4 is 5.32 Å². The van der Waals surface area contributed by atoms with Crippen molar-refractivity contribution >= 4 is 5.97 Å². The van der Waals surface area contributed by atoms with Gasteiger partial charge in [0.25, 0.3) is 0 Å². The lowest BCUT2D eigenvalue weighted by Crippen LogP contribution is -2.45. The highest BCUT2D eigenvalue weighted by Gasteiger charge is 2.35. The zero-order valence-electron chi connectivity index (χ0n) is 10.2. The van der Waals surface area contributed by atoms with E-state index in [1.54, 1.807) is 0 Å². The molecule has 0 unspecified atom stereocenters. The number of carboxylic acids is 1. The van der Waals surface area contributed by atoms with E-state index in [0.29, 0.717) is 38.1 Å². The van der Waals surface area contributed by atoms with Crippen molar-refractivity contribution in [2.45, 2.75) is 45.1 Å². The van der Waals surface area contributed by atoms with E-state index in [0.717, 1.165) is 6.54 Å². The Morgan fingerprint density at radius 1 is 1.44 bits per heavy atom. The topological polar surface area (TPSA) is 69.6 Å². The van der Waals surface area contributed by atoms with Gasteiger partial charge in [-0.3, -0.25) is 4.79 Å². The van der Waals surface area contributed by atoms with Gasteiger partial charge >= 0.3 is 5.97 Å². The molecule has 0 amide bonds. The molecule has 0 aliphatic heterocycles. The molecular weight excluding hydrogens is 206 g/mol. The van der Waals surface area contributed by atoms with E-state index in [2.05, 4.69) is 19.2 Å². The van der Waals surface area contributed by atoms with Crippen LogP contribution in [-0.2, 0) is 4.79 Å². The number of carboxylic acid groups (broad SMARTS) is 1. The van der Waals surface area contributed by atoms with Crippen molar-refractivity contribution in [1.29, 1.82) is 0 Å². The average molecular weight is 229 g/mol. The van der Waals surface area contributed by atoms with Crippen molar-refractivity contribution < 1.29 is 15.0 Å². The summed E-state index contributed by atoms with van der Waals surface area (Å²) in [5, 5.41) is 22.3. The Hall–Kier alpha value is -0.610. The number of nitrogens with one attached hydrogen (secondary N) is 1. The Kier molecular flexibility index (Phi) is 4.74. The third-order valence-corrected chi connectivity index (χ3v) is 3.27. The van der Waals surface area contributed by atoms with Gasteiger partial charge in [0.2, 0.25) is 0 Å². The number of aliphatic hydroxyl groups is 1. The fraction of sp³-hybridized carbons (Fsp3) is 0.917. The van der Waals surface area contributed by atoms with Crippen LogP contribution in [0.15, 0.2) is 0 Å². The van der Waals surface area contributed by atoms with Crippen molar-refractivity contribution in [3.8, 4) is 0 Å². The van der Waals surface area contributed by atoms with Gasteiger partial charge in [-0.1, -0.05) is 13.8 Å². The first-order valence-electron chi connectivity index (χ1n) is 6.09. The van der Waals surface area contributed by atoms with Gasteiger partial charge in [-0.2, -0.15) is 0 Å². The van der Waals surface area contributed by atoms with Crippen molar-refractivity contribution in [3.63, 3.8) is 0 Å². The maximum absolute atomic E-state index is 10.8. The van der Waals surface area contributed by atoms with E-state index < -0.39 is 11.6 Å². The molecule has 3 N–H and O–H groups in total. The smallest absolute Gasteiger partial charge is 0.306 e. The van der Waals surface area contributed by atoms with Crippen molar-refractivity contribution in [3.05, 3.63) is 0 Å². The molecule has 0 aromatic carbocycles. The number of rotatable bonds is 5. The second-order valence-corrected chi connectivity index (χ2v) is 5.36. The minimum atomic E-state index is -0.725. The molecule has 1 fully saturated rings. The molecule has 0 saturated heterocycles. The molecule has 1 rings (SSSR count). The van der Waals surface area contributed by atoms with Crippen LogP contribution in [-0.4, -0.2) is 34.9 Å². The predicted molar refractivity (Wildman–Crippen MR) is 62.3 cm³/mol. The van der Waals surface area contributed by atoms with E-state index in [-0.39, 0.29) is 5.92 Å². The molecule has 1 saturated carbocycles. The van der Waals surface area contributed by atoms with Gasteiger partial charge in [0.15, 0.2) is 0 Å². The van der Waals surface area contributed by atoms with Crippen LogP contribution in [0.25, 0.3) is 0 Å². The second kappa shape index (κ2) is 5.64. The van der Waals surface area contributed by atoms with Gasteiger partial charge in [-0.25, -0.2) is 0 Å². The molecule has 94 valence electrons. The van der Waals surface area contributed by atoms with Crippen molar-refractivity contribution in [2.75, 3.05) is 13.1 Å². The lowest BCUT2D eigenvalue weighted by atomic mass is 9.79. The molecule has 0 radical (unpaired) electrons. The van der Waals surface area contributed by atoms with Crippen LogP contribution in [0.1, 0.15) is 39.5 Å². The highest BCUT2D eigenvalue weighted by Crippen LogP contribution is 2.31. The summed E-state index contributed by atoms with van der Waals surface area (Å²) in [4.78, 5) is 10.8. The molecular formula is C12H23NO3. The minimum Gasteiger partial charge on any atom is -0.481 e. The predicted octanol–water partition coefficient (Wildman–Crippen LogP) is 1.24. The largest absolute Gasteiger partial charge is 0.481 e. The third kappa shape index (κ3) is 4.10. The Morgan fingerprint density at radius 2 is 2.00 bits per heavy atom. The molecule has 16 heavy (non-hydrogen) atoms. The Balaban J connectivity index is 2.29. The SMILES string of the molecule is CC(C)CNCC1(O)CCC(C(=O)O)CC1. The Labute approximate surface area is 97.0 Å². The van der Waals surface area contributed by atoms with Gasteiger partial charge < -0.3 is 15.5 Å². The van der Waals surface area contributed by atoms with Crippen LogP contribution in [0.3, 0.4) is 0 Å². The van der Waals surface area contributed by atoms with E-state index in [1.165, 1.54) is 0 Å². The van der Waals surface area contributed by atoms with E-state index in [1.807, 2.05) is 0 Å². The summed E-state index contributed by atoms with van der Waals surface area (Å²) in [7, 11) is 0. The van der Waals surface area contributed by atoms with Gasteiger partial charge in [0.05, 0.1) is 11.5 Å². The molecule has 4 heteroatoms. The zero-order chi connectivity index (χ0) is 12.2. The summed E-state index contributed by atoms with van der Waals surface area (Å²) in [6, 6.07) is 0. The summed E-state index contributed by atoms with van der Waals surface area (Å²) in [6.45, 7) is 5.72. The monoisotopic (exact) mass is 229 g/mol. The van der Waals surface area contributed by atoms with Crippen LogP contribution >= 0.6 is 0 Å². The molecule has 0 aromatic heterocycles. The maximum Gasteiger partial charge on any atom is 0.306 e. The van der Waals surface area contributed by atoms with Gasteiger partial charge in [-0.05, 0) is 38.1 Å². The quantitative estimate of drug-likeness (QED) is 0.663. The summed E-state index contributed by atoms with van der Waals surface area (Å²) in [5.74, 6) is -0.415. The molecule has 0 heterocycles. The molecule has 1 aliphatic carbocycles. The summed E-state index contributed by atoms with van der Waals surface area (Å²) < 4.78 is 0. The number of aliphatic carboxylic acids is 1. The minimum absolute atomic E-state index is 0.259. The van der Waals surface area contributed by atoms with Crippen molar-refractivity contribution in [2.24, 2.45) is 11.8 Å². The highest BCUT2D eigenvalue weighted by atomic mass is 16.4. The van der Waals surface area contributed by atoms with Crippen LogP contribution in [0.5, 0.6) is 0 Å². The van der Waals surface area contributed by atoms with Gasteiger partial charge in [0, 0.05) is 6.54 Å². The molecule has 0 bridgehead atoms. The summed E-state index contributed by atoms with van der Waals surface area (Å²) in [6.07, 6.45) is 2.37. The van der Waals surface area contributed by atoms with Crippen molar-refractivity contribution in [1.82, 2.24) is 5.32 Å². The average Bonchev–Trinajstić information content (AvgIpc) is 2.17. The number of hydrogen-bond acceptors (Lipinski definition) is 3. The first-order valence-corrected chi connectivity index (χ1v) is 6.09. The summed E-state index contributed by atoms with van der Waals surface area (Å²) in [5.41, 5.74) is -0.694. The maximum atomic E-state index is 10.8. The fourth-order valence-corrected chi connectivity index (χ4v) is 2.17. The molecule has 1 aliphatic rings. The Morgan fingerprint density at radius 3 is 2.44 bits per heavy atom. The van der Waals surface area contributed by atoms with Gasteiger partial charge in [-0.15, -0.1) is 0 Å². The van der Waals surface area contributed by atoms with E-state index in [4.69, 9.17) is 5.11 Å². The van der Waals surface area contributed by atoms with Gasteiger partial charge in [0.1, 0.15) is 0 Å². The Bertz CT molecular complexity index is 232. The zero-order valence-corrected chi connectivity index (χ0v) is 10.2. The second-order valence-electron chi connectivity index (χ2n) is 5.36.